The van der Waals surface area contributed by atoms with Crippen LogP contribution in [-0.2, 0) is 14.4 Å². The van der Waals surface area contributed by atoms with Gasteiger partial charge in [0.15, 0.2) is 0 Å². The Labute approximate surface area is 256 Å². The summed E-state index contributed by atoms with van der Waals surface area (Å²) in [6.45, 7) is 1.97. The molecular formula is C33H26BrN3O4S. The largest absolute Gasteiger partial charge is 0.321 e. The van der Waals surface area contributed by atoms with Crippen LogP contribution in [0.15, 0.2) is 118 Å². The van der Waals surface area contributed by atoms with Gasteiger partial charge in [0, 0.05) is 27.0 Å². The van der Waals surface area contributed by atoms with Crippen LogP contribution >= 0.6 is 27.7 Å². The monoisotopic (exact) mass is 639 g/mol. The van der Waals surface area contributed by atoms with Crippen molar-refractivity contribution in [2.45, 2.75) is 23.5 Å². The van der Waals surface area contributed by atoms with Crippen LogP contribution in [0.1, 0.15) is 27.9 Å². The second-order valence-corrected chi connectivity index (χ2v) is 11.8. The van der Waals surface area contributed by atoms with Crippen molar-refractivity contribution in [3.05, 3.63) is 130 Å². The van der Waals surface area contributed by atoms with Crippen LogP contribution < -0.4 is 15.5 Å². The maximum absolute atomic E-state index is 13.3. The molecule has 1 aliphatic heterocycles. The second-order valence-electron chi connectivity index (χ2n) is 9.62. The predicted molar refractivity (Wildman–Crippen MR) is 169 cm³/mol. The van der Waals surface area contributed by atoms with Gasteiger partial charge in [0.05, 0.1) is 10.9 Å². The number of carbonyl (C=O) groups is 4. The van der Waals surface area contributed by atoms with Crippen LogP contribution in [-0.4, -0.2) is 28.9 Å². The van der Waals surface area contributed by atoms with Crippen molar-refractivity contribution in [3.63, 3.8) is 0 Å². The molecule has 210 valence electrons. The van der Waals surface area contributed by atoms with E-state index in [9.17, 15) is 19.2 Å². The number of imide groups is 1. The van der Waals surface area contributed by atoms with Gasteiger partial charge in [-0.1, -0.05) is 64.0 Å². The van der Waals surface area contributed by atoms with Crippen LogP contribution in [0.5, 0.6) is 0 Å². The molecule has 2 N–H and O–H groups in total. The zero-order valence-electron chi connectivity index (χ0n) is 22.5. The van der Waals surface area contributed by atoms with E-state index in [-0.39, 0.29) is 23.9 Å². The Bertz CT molecular complexity index is 1650. The van der Waals surface area contributed by atoms with E-state index in [1.54, 1.807) is 78.9 Å². The van der Waals surface area contributed by atoms with Crippen molar-refractivity contribution in [2.75, 3.05) is 10.2 Å². The minimum atomic E-state index is -0.543. The van der Waals surface area contributed by atoms with Gasteiger partial charge in [-0.15, -0.1) is 11.8 Å². The van der Waals surface area contributed by atoms with Gasteiger partial charge in [0.25, 0.3) is 11.8 Å². The molecule has 0 bridgehead atoms. The molecule has 42 heavy (non-hydrogen) atoms. The molecular weight excluding hydrogens is 614 g/mol. The molecule has 1 unspecified atom stereocenters. The van der Waals surface area contributed by atoms with Gasteiger partial charge in [-0.05, 0) is 79.2 Å². The molecule has 5 rings (SSSR count). The Morgan fingerprint density at radius 3 is 2.21 bits per heavy atom. The molecule has 1 aliphatic rings. The Kier molecular flexibility index (Phi) is 9.00. The van der Waals surface area contributed by atoms with Gasteiger partial charge >= 0.3 is 0 Å². The van der Waals surface area contributed by atoms with E-state index in [1.165, 1.54) is 16.7 Å². The number of amides is 4. The van der Waals surface area contributed by atoms with Crippen molar-refractivity contribution in [3.8, 4) is 0 Å². The fourth-order valence-electron chi connectivity index (χ4n) is 4.31. The van der Waals surface area contributed by atoms with E-state index < -0.39 is 17.1 Å². The van der Waals surface area contributed by atoms with E-state index in [4.69, 9.17) is 0 Å². The fourth-order valence-corrected chi connectivity index (χ4v) is 5.63. The highest BCUT2D eigenvalue weighted by molar-refractivity contribution is 9.10. The smallest absolute Gasteiger partial charge is 0.272 e. The van der Waals surface area contributed by atoms with Gasteiger partial charge in [0.1, 0.15) is 5.70 Å². The number of hydrogen-bond donors (Lipinski definition) is 2. The zero-order chi connectivity index (χ0) is 29.6. The molecule has 0 aliphatic carbocycles. The summed E-state index contributed by atoms with van der Waals surface area (Å²) in [6.07, 6.45) is 1.73. The first kappa shape index (κ1) is 29.0. The van der Waals surface area contributed by atoms with Crippen LogP contribution in [0.25, 0.3) is 6.08 Å². The van der Waals surface area contributed by atoms with Crippen LogP contribution in [0.2, 0.25) is 0 Å². The normalized spacial score (nSPS) is 15.0. The summed E-state index contributed by atoms with van der Waals surface area (Å²) in [5.74, 6) is -1.38. The molecule has 4 amide bonds. The van der Waals surface area contributed by atoms with E-state index in [0.29, 0.717) is 16.9 Å². The Balaban J connectivity index is 1.27. The summed E-state index contributed by atoms with van der Waals surface area (Å²) in [7, 11) is 0. The van der Waals surface area contributed by atoms with Gasteiger partial charge < -0.3 is 10.6 Å². The number of aryl methyl sites for hydroxylation is 1. The van der Waals surface area contributed by atoms with Crippen LogP contribution in [0.4, 0.5) is 11.4 Å². The molecule has 1 saturated heterocycles. The topological polar surface area (TPSA) is 95.6 Å². The quantitative estimate of drug-likeness (QED) is 0.167. The van der Waals surface area contributed by atoms with Gasteiger partial charge in [-0.3, -0.25) is 19.2 Å². The molecule has 4 aromatic carbocycles. The number of benzene rings is 4. The summed E-state index contributed by atoms with van der Waals surface area (Å²) in [5, 5.41) is 5.03. The summed E-state index contributed by atoms with van der Waals surface area (Å²) in [4.78, 5) is 53.8. The Morgan fingerprint density at radius 1 is 0.881 bits per heavy atom. The minimum Gasteiger partial charge on any atom is -0.321 e. The van der Waals surface area contributed by atoms with Crippen molar-refractivity contribution in [2.24, 2.45) is 0 Å². The summed E-state index contributed by atoms with van der Waals surface area (Å²) in [6, 6.07) is 30.3. The average molecular weight is 641 g/mol. The fraction of sp³-hybridized carbons (Fsp3) is 0.0909. The predicted octanol–water partition coefficient (Wildman–Crippen LogP) is 6.59. The van der Waals surface area contributed by atoms with E-state index in [0.717, 1.165) is 20.5 Å². The lowest BCUT2D eigenvalue weighted by Crippen LogP contribution is -2.31. The van der Waals surface area contributed by atoms with Crippen LogP contribution in [0.3, 0.4) is 0 Å². The zero-order valence-corrected chi connectivity index (χ0v) is 24.9. The highest BCUT2D eigenvalue weighted by atomic mass is 79.9. The molecule has 7 nitrogen and oxygen atoms in total. The third kappa shape index (κ3) is 7.05. The summed E-state index contributed by atoms with van der Waals surface area (Å²) in [5.41, 5.74) is 3.42. The lowest BCUT2D eigenvalue weighted by Gasteiger charge is -2.15. The molecule has 0 aromatic heterocycles. The van der Waals surface area contributed by atoms with Gasteiger partial charge in [-0.2, -0.15) is 0 Å². The molecule has 1 atom stereocenters. The van der Waals surface area contributed by atoms with Crippen molar-refractivity contribution in [1.82, 2.24) is 5.32 Å². The van der Waals surface area contributed by atoms with Crippen molar-refractivity contribution < 1.29 is 19.2 Å². The number of thioether (sulfide) groups is 1. The molecule has 1 heterocycles. The van der Waals surface area contributed by atoms with E-state index in [1.807, 2.05) is 37.3 Å². The van der Waals surface area contributed by atoms with Gasteiger partial charge in [-0.25, -0.2) is 4.90 Å². The number of rotatable bonds is 8. The van der Waals surface area contributed by atoms with E-state index in [2.05, 4.69) is 26.6 Å². The van der Waals surface area contributed by atoms with Gasteiger partial charge in [0.2, 0.25) is 11.8 Å². The maximum Gasteiger partial charge on any atom is 0.272 e. The number of nitrogens with zero attached hydrogens (tertiary/aromatic N) is 1. The molecule has 4 aromatic rings. The van der Waals surface area contributed by atoms with Crippen LogP contribution in [0, 0.1) is 6.92 Å². The number of nitrogens with one attached hydrogen (secondary N) is 2. The standard InChI is InChI=1S/C33H26BrN3O4S/c1-21-7-9-22(10-8-21)19-28(36-31(39)23-5-3-2-4-6-23)32(40)35-25-13-17-27(18-14-25)42-29-20-30(38)37(33(29)41)26-15-11-24(34)12-16-26/h2-19,29H,20H2,1H3,(H,35,40)(H,36,39)/b28-19-. The number of halogens is 1. The second kappa shape index (κ2) is 13.0. The van der Waals surface area contributed by atoms with Crippen molar-refractivity contribution >= 4 is 68.8 Å². The third-order valence-corrected chi connectivity index (χ3v) is 8.22. The minimum absolute atomic E-state index is 0.0919. The number of anilines is 2. The molecule has 0 spiro atoms. The number of hydrogen-bond acceptors (Lipinski definition) is 5. The first-order valence-electron chi connectivity index (χ1n) is 13.1. The average Bonchev–Trinajstić information content (AvgIpc) is 3.27. The lowest BCUT2D eigenvalue weighted by molar-refractivity contribution is -0.121. The highest BCUT2D eigenvalue weighted by Gasteiger charge is 2.40. The molecule has 0 saturated carbocycles. The molecule has 0 radical (unpaired) electrons. The Morgan fingerprint density at radius 2 is 1.55 bits per heavy atom. The molecule has 1 fully saturated rings. The lowest BCUT2D eigenvalue weighted by atomic mass is 10.1. The summed E-state index contributed by atoms with van der Waals surface area (Å²) >= 11 is 4.67. The number of carbonyl (C=O) groups excluding carboxylic acids is 4. The SMILES string of the molecule is Cc1ccc(/C=C(\NC(=O)c2ccccc2)C(=O)Nc2ccc(SC3CC(=O)N(c4ccc(Br)cc4)C3=O)cc2)cc1. The van der Waals surface area contributed by atoms with E-state index >= 15 is 0 Å². The van der Waals surface area contributed by atoms with Crippen molar-refractivity contribution in [1.29, 1.82) is 0 Å². The summed E-state index contributed by atoms with van der Waals surface area (Å²) < 4.78 is 0.861. The first-order valence-corrected chi connectivity index (χ1v) is 14.8. The Hall–Kier alpha value is -4.47. The highest BCUT2D eigenvalue weighted by Crippen LogP contribution is 2.34. The maximum atomic E-state index is 13.3. The third-order valence-electron chi connectivity index (χ3n) is 6.50. The first-order chi connectivity index (χ1) is 20.3. The molecule has 9 heteroatoms.